The van der Waals surface area contributed by atoms with Gasteiger partial charge in [0.15, 0.2) is 0 Å². The van der Waals surface area contributed by atoms with Crippen molar-refractivity contribution in [2.24, 2.45) is 0 Å². The van der Waals surface area contributed by atoms with Gasteiger partial charge in [-0.3, -0.25) is 10.2 Å². The van der Waals surface area contributed by atoms with Gasteiger partial charge in [-0.1, -0.05) is 6.42 Å². The van der Waals surface area contributed by atoms with Crippen LogP contribution in [0.5, 0.6) is 0 Å². The summed E-state index contributed by atoms with van der Waals surface area (Å²) in [6.07, 6.45) is 6.88. The first-order chi connectivity index (χ1) is 8.53. The Morgan fingerprint density at radius 2 is 1.89 bits per heavy atom. The van der Waals surface area contributed by atoms with Crippen molar-refractivity contribution in [3.05, 3.63) is 0 Å². The Balaban J connectivity index is 1.97. The van der Waals surface area contributed by atoms with Gasteiger partial charge in [0.25, 0.3) is 5.91 Å². The fourth-order valence-corrected chi connectivity index (χ4v) is 3.13. The van der Waals surface area contributed by atoms with E-state index in [2.05, 4.69) is 29.6 Å². The van der Waals surface area contributed by atoms with Crippen molar-refractivity contribution in [3.8, 4) is 0 Å². The number of amides is 1. The van der Waals surface area contributed by atoms with Crippen LogP contribution in [0.3, 0.4) is 0 Å². The molecular formula is C14H27N3O. The van der Waals surface area contributed by atoms with E-state index in [0.717, 1.165) is 19.4 Å². The van der Waals surface area contributed by atoms with Gasteiger partial charge in [0, 0.05) is 12.1 Å². The van der Waals surface area contributed by atoms with Crippen molar-refractivity contribution in [2.75, 3.05) is 6.54 Å². The smallest absolute Gasteiger partial charge is 0.254 e. The molecule has 2 fully saturated rings. The van der Waals surface area contributed by atoms with E-state index in [0.29, 0.717) is 12.1 Å². The lowest BCUT2D eigenvalue weighted by Gasteiger charge is -2.42. The number of piperidine rings is 2. The molecule has 0 spiro atoms. The lowest BCUT2D eigenvalue weighted by Crippen LogP contribution is -2.63. The van der Waals surface area contributed by atoms with E-state index < -0.39 is 0 Å². The molecule has 2 rings (SSSR count). The number of rotatable bonds is 2. The third-order valence-corrected chi connectivity index (χ3v) is 4.54. The molecule has 0 aromatic rings. The zero-order valence-electron chi connectivity index (χ0n) is 12.0. The normalized spacial score (nSPS) is 38.4. The largest absolute Gasteiger partial charge is 0.304 e. The second-order valence-corrected chi connectivity index (χ2v) is 6.19. The van der Waals surface area contributed by atoms with Crippen molar-refractivity contribution < 1.29 is 4.79 Å². The van der Waals surface area contributed by atoms with Crippen LogP contribution in [0.4, 0.5) is 0 Å². The first-order valence-corrected chi connectivity index (χ1v) is 7.37. The molecule has 0 bridgehead atoms. The van der Waals surface area contributed by atoms with E-state index >= 15 is 0 Å². The number of nitrogens with one attached hydrogen (secondary N) is 2. The minimum absolute atomic E-state index is 0.141. The summed E-state index contributed by atoms with van der Waals surface area (Å²) in [7, 11) is 0. The number of nitrogens with zero attached hydrogens (tertiary/aromatic N) is 1. The molecule has 4 nitrogen and oxygen atoms in total. The Morgan fingerprint density at radius 3 is 2.44 bits per heavy atom. The topological polar surface area (TPSA) is 44.4 Å². The van der Waals surface area contributed by atoms with Crippen LogP contribution >= 0.6 is 0 Å². The summed E-state index contributed by atoms with van der Waals surface area (Å²) in [5.74, 6) is 0.141. The third-order valence-electron chi connectivity index (χ3n) is 4.54. The highest BCUT2D eigenvalue weighted by atomic mass is 16.2. The minimum Gasteiger partial charge on any atom is -0.304 e. The van der Waals surface area contributed by atoms with Crippen LogP contribution in [0.25, 0.3) is 0 Å². The van der Waals surface area contributed by atoms with Gasteiger partial charge in [-0.15, -0.1) is 0 Å². The molecule has 1 amide bonds. The summed E-state index contributed by atoms with van der Waals surface area (Å²) >= 11 is 0. The quantitative estimate of drug-likeness (QED) is 0.789. The third kappa shape index (κ3) is 2.86. The lowest BCUT2D eigenvalue weighted by molar-refractivity contribution is -0.136. The molecular weight excluding hydrogens is 226 g/mol. The van der Waals surface area contributed by atoms with Gasteiger partial charge < -0.3 is 5.32 Å². The average molecular weight is 253 g/mol. The first-order valence-electron chi connectivity index (χ1n) is 7.37. The van der Waals surface area contributed by atoms with Crippen LogP contribution in [-0.4, -0.2) is 35.1 Å². The van der Waals surface area contributed by atoms with Crippen LogP contribution in [0.2, 0.25) is 0 Å². The molecule has 3 atom stereocenters. The molecule has 2 aliphatic rings. The Kier molecular flexibility index (Phi) is 4.28. The van der Waals surface area contributed by atoms with E-state index in [-0.39, 0.29) is 11.4 Å². The lowest BCUT2D eigenvalue weighted by atomic mass is 9.90. The van der Waals surface area contributed by atoms with Gasteiger partial charge >= 0.3 is 0 Å². The van der Waals surface area contributed by atoms with Crippen LogP contribution < -0.4 is 10.7 Å². The maximum Gasteiger partial charge on any atom is 0.254 e. The SMILES string of the molecule is CC1CCCC(C)N1NC(=O)C1(C)CCCCN1. The highest BCUT2D eigenvalue weighted by molar-refractivity contribution is 5.85. The summed E-state index contributed by atoms with van der Waals surface area (Å²) in [6.45, 7) is 7.38. The van der Waals surface area contributed by atoms with Gasteiger partial charge in [-0.2, -0.15) is 0 Å². The molecule has 0 saturated carbocycles. The van der Waals surface area contributed by atoms with Gasteiger partial charge in [0.1, 0.15) is 0 Å². The fourth-order valence-electron chi connectivity index (χ4n) is 3.13. The van der Waals surface area contributed by atoms with E-state index in [1.54, 1.807) is 0 Å². The second-order valence-electron chi connectivity index (χ2n) is 6.19. The molecule has 0 aromatic carbocycles. The highest BCUT2D eigenvalue weighted by Crippen LogP contribution is 2.23. The minimum atomic E-state index is -0.380. The molecule has 0 aliphatic carbocycles. The van der Waals surface area contributed by atoms with Crippen molar-refractivity contribution in [2.45, 2.75) is 76.9 Å². The first kappa shape index (κ1) is 13.8. The van der Waals surface area contributed by atoms with Crippen LogP contribution in [0, 0.1) is 0 Å². The summed E-state index contributed by atoms with van der Waals surface area (Å²) in [4.78, 5) is 12.5. The van der Waals surface area contributed by atoms with E-state index in [1.807, 2.05) is 6.92 Å². The average Bonchev–Trinajstić information content (AvgIpc) is 2.34. The number of carbonyl (C=O) groups excluding carboxylic acids is 1. The van der Waals surface area contributed by atoms with Gasteiger partial charge in [-0.25, -0.2) is 5.01 Å². The summed E-state index contributed by atoms with van der Waals surface area (Å²) in [5, 5.41) is 5.54. The molecule has 18 heavy (non-hydrogen) atoms. The van der Waals surface area contributed by atoms with Crippen LogP contribution in [0.1, 0.15) is 59.3 Å². The molecule has 2 heterocycles. The van der Waals surface area contributed by atoms with Crippen molar-refractivity contribution in [1.82, 2.24) is 15.8 Å². The molecule has 104 valence electrons. The molecule has 4 heteroatoms. The predicted molar refractivity (Wildman–Crippen MR) is 73.0 cm³/mol. The Bertz CT molecular complexity index is 289. The van der Waals surface area contributed by atoms with Gasteiger partial charge in [0.05, 0.1) is 5.54 Å². The highest BCUT2D eigenvalue weighted by Gasteiger charge is 2.37. The number of hydrazine groups is 1. The monoisotopic (exact) mass is 253 g/mol. The van der Waals surface area contributed by atoms with Crippen molar-refractivity contribution in [3.63, 3.8) is 0 Å². The van der Waals surface area contributed by atoms with E-state index in [4.69, 9.17) is 0 Å². The Hall–Kier alpha value is -0.610. The molecule has 2 N–H and O–H groups in total. The second kappa shape index (κ2) is 5.57. The zero-order chi connectivity index (χ0) is 13.2. The maximum atomic E-state index is 12.5. The number of carbonyl (C=O) groups is 1. The fraction of sp³-hybridized carbons (Fsp3) is 0.929. The number of hydrogen-bond donors (Lipinski definition) is 2. The zero-order valence-corrected chi connectivity index (χ0v) is 12.0. The molecule has 2 aliphatic heterocycles. The summed E-state index contributed by atoms with van der Waals surface area (Å²) in [5.41, 5.74) is 2.78. The maximum absolute atomic E-state index is 12.5. The molecule has 0 radical (unpaired) electrons. The summed E-state index contributed by atoms with van der Waals surface area (Å²) in [6, 6.07) is 0.898. The molecule has 3 unspecified atom stereocenters. The van der Waals surface area contributed by atoms with Crippen molar-refractivity contribution >= 4 is 5.91 Å². The van der Waals surface area contributed by atoms with Gasteiger partial charge in [-0.05, 0) is 59.4 Å². The summed E-state index contributed by atoms with van der Waals surface area (Å²) < 4.78 is 0. The predicted octanol–water partition coefficient (Wildman–Crippen LogP) is 1.81. The van der Waals surface area contributed by atoms with Crippen LogP contribution in [-0.2, 0) is 4.79 Å². The number of hydrogen-bond acceptors (Lipinski definition) is 3. The van der Waals surface area contributed by atoms with Crippen LogP contribution in [0.15, 0.2) is 0 Å². The van der Waals surface area contributed by atoms with Gasteiger partial charge in [0.2, 0.25) is 0 Å². The standard InChI is InChI=1S/C14H27N3O/c1-11-7-6-8-12(2)17(11)16-13(18)14(3)9-4-5-10-15-14/h11-12,15H,4-10H2,1-3H3,(H,16,18). The Morgan fingerprint density at radius 1 is 1.22 bits per heavy atom. The van der Waals surface area contributed by atoms with E-state index in [9.17, 15) is 4.79 Å². The Labute approximate surface area is 110 Å². The van der Waals surface area contributed by atoms with Crippen molar-refractivity contribution in [1.29, 1.82) is 0 Å². The van der Waals surface area contributed by atoms with E-state index in [1.165, 1.54) is 25.7 Å². The molecule has 2 saturated heterocycles. The molecule has 0 aromatic heterocycles.